The van der Waals surface area contributed by atoms with Crippen molar-refractivity contribution in [2.24, 2.45) is 4.99 Å². The quantitative estimate of drug-likeness (QED) is 0.428. The van der Waals surface area contributed by atoms with Crippen LogP contribution in [0.3, 0.4) is 0 Å². The minimum Gasteiger partial charge on any atom is -0.494 e. The van der Waals surface area contributed by atoms with E-state index >= 15 is 0 Å². The Morgan fingerprint density at radius 3 is 2.38 bits per heavy atom. The lowest BCUT2D eigenvalue weighted by Gasteiger charge is -2.35. The normalized spacial score (nSPS) is 19.8. The summed E-state index contributed by atoms with van der Waals surface area (Å²) in [6.07, 6.45) is 2.27. The molecule has 1 aromatic heterocycles. The number of methoxy groups -OCH3 is 1. The molecule has 0 N–H and O–H groups in total. The van der Waals surface area contributed by atoms with Crippen molar-refractivity contribution in [3.63, 3.8) is 0 Å². The summed E-state index contributed by atoms with van der Waals surface area (Å²) in [6.45, 7) is 1.76. The second-order valence-corrected chi connectivity index (χ2v) is 8.54. The third-order valence-electron chi connectivity index (χ3n) is 6.87. The molecule has 0 spiro atoms. The largest absolute Gasteiger partial charge is 0.494 e. The minimum absolute atomic E-state index is 0.0705. The van der Waals surface area contributed by atoms with E-state index in [1.165, 1.54) is 5.56 Å². The van der Waals surface area contributed by atoms with Crippen LogP contribution in [0.15, 0.2) is 89.9 Å². The molecular formula is C28H25N3O. The molecule has 4 nitrogen and oxygen atoms in total. The van der Waals surface area contributed by atoms with E-state index in [1.54, 1.807) is 7.11 Å². The summed E-state index contributed by atoms with van der Waals surface area (Å²) in [7, 11) is 1.74. The number of benzene rings is 3. The van der Waals surface area contributed by atoms with Crippen molar-refractivity contribution in [2.75, 3.05) is 20.2 Å². The molecule has 0 saturated carbocycles. The molecule has 1 unspecified atom stereocenters. The molecule has 6 rings (SSSR count). The number of para-hydroxylation sites is 1. The lowest BCUT2D eigenvalue weighted by Crippen LogP contribution is -2.42. The van der Waals surface area contributed by atoms with Crippen LogP contribution in [0, 0.1) is 0 Å². The maximum atomic E-state index is 6.07. The first kappa shape index (κ1) is 19.1. The first-order valence-electron chi connectivity index (χ1n) is 11.2. The van der Waals surface area contributed by atoms with Crippen LogP contribution >= 0.6 is 0 Å². The van der Waals surface area contributed by atoms with Gasteiger partial charge in [0.05, 0.1) is 30.3 Å². The summed E-state index contributed by atoms with van der Waals surface area (Å²) in [6, 6.07) is 29.4. The Morgan fingerprint density at radius 2 is 1.59 bits per heavy atom. The van der Waals surface area contributed by atoms with Crippen molar-refractivity contribution >= 4 is 16.7 Å². The van der Waals surface area contributed by atoms with Crippen molar-refractivity contribution in [1.82, 2.24) is 9.88 Å². The molecular weight excluding hydrogens is 394 g/mol. The predicted octanol–water partition coefficient (Wildman–Crippen LogP) is 5.66. The Hall–Kier alpha value is -3.66. The maximum Gasteiger partial charge on any atom is 0.156 e. The fraction of sp³-hybridized carbons (Fsp3) is 0.214. The molecule has 2 aliphatic rings. The van der Waals surface area contributed by atoms with Gasteiger partial charge < -0.3 is 9.64 Å². The van der Waals surface area contributed by atoms with Crippen LogP contribution in [0.2, 0.25) is 0 Å². The number of amidine groups is 1. The Kier molecular flexibility index (Phi) is 4.46. The van der Waals surface area contributed by atoms with Gasteiger partial charge in [-0.15, -0.1) is 0 Å². The van der Waals surface area contributed by atoms with Crippen LogP contribution in [0.4, 0.5) is 0 Å². The minimum atomic E-state index is -0.0705. The van der Waals surface area contributed by atoms with Crippen molar-refractivity contribution in [1.29, 1.82) is 0 Å². The van der Waals surface area contributed by atoms with Crippen molar-refractivity contribution < 1.29 is 4.74 Å². The monoisotopic (exact) mass is 419 g/mol. The topological polar surface area (TPSA) is 37.7 Å². The number of aromatic nitrogens is 1. The molecule has 0 bridgehead atoms. The number of nitrogens with zero attached hydrogens (tertiary/aromatic N) is 3. The molecule has 4 heteroatoms. The Labute approximate surface area is 188 Å². The van der Waals surface area contributed by atoms with Gasteiger partial charge in [0.2, 0.25) is 0 Å². The summed E-state index contributed by atoms with van der Waals surface area (Å²) >= 11 is 0. The van der Waals surface area contributed by atoms with E-state index in [1.807, 2.05) is 24.3 Å². The van der Waals surface area contributed by atoms with Gasteiger partial charge in [-0.3, -0.25) is 4.99 Å². The van der Waals surface area contributed by atoms with Gasteiger partial charge in [-0.25, -0.2) is 4.98 Å². The fourth-order valence-electron chi connectivity index (χ4n) is 5.40. The Bertz CT molecular complexity index is 1320. The van der Waals surface area contributed by atoms with E-state index in [0.717, 1.165) is 65.2 Å². The molecule has 1 saturated heterocycles. The highest BCUT2D eigenvalue weighted by molar-refractivity contribution is 6.14. The highest BCUT2D eigenvalue weighted by Gasteiger charge is 2.48. The smallest absolute Gasteiger partial charge is 0.156 e. The van der Waals surface area contributed by atoms with Crippen molar-refractivity contribution in [2.45, 2.75) is 18.4 Å². The first-order chi connectivity index (χ1) is 15.8. The van der Waals surface area contributed by atoms with Gasteiger partial charge in [-0.1, -0.05) is 78.9 Å². The van der Waals surface area contributed by atoms with Gasteiger partial charge >= 0.3 is 0 Å². The van der Waals surface area contributed by atoms with Crippen LogP contribution < -0.4 is 4.74 Å². The Morgan fingerprint density at radius 1 is 0.875 bits per heavy atom. The van der Waals surface area contributed by atoms with Crippen LogP contribution in [0.5, 0.6) is 5.75 Å². The zero-order chi connectivity index (χ0) is 21.5. The highest BCUT2D eigenvalue weighted by Crippen LogP contribution is 2.46. The second-order valence-electron chi connectivity index (χ2n) is 8.54. The lowest BCUT2D eigenvalue weighted by atomic mass is 9.88. The van der Waals surface area contributed by atoms with Crippen LogP contribution in [0.25, 0.3) is 22.2 Å². The average Bonchev–Trinajstić information content (AvgIpc) is 3.44. The first-order valence-corrected chi connectivity index (χ1v) is 11.2. The fourth-order valence-corrected chi connectivity index (χ4v) is 5.40. The number of hydrogen-bond donors (Lipinski definition) is 0. The number of rotatable bonds is 4. The van der Waals surface area contributed by atoms with Crippen LogP contribution in [-0.2, 0) is 5.54 Å². The summed E-state index contributed by atoms with van der Waals surface area (Å²) in [5.41, 5.74) is 5.19. The summed E-state index contributed by atoms with van der Waals surface area (Å²) < 4.78 is 6.07. The molecule has 3 heterocycles. The van der Waals surface area contributed by atoms with Gasteiger partial charge in [0.25, 0.3) is 0 Å². The number of hydrogen-bond acceptors (Lipinski definition) is 4. The van der Waals surface area contributed by atoms with E-state index in [9.17, 15) is 0 Å². The van der Waals surface area contributed by atoms with E-state index in [0.29, 0.717) is 0 Å². The van der Waals surface area contributed by atoms with E-state index in [2.05, 4.69) is 65.6 Å². The van der Waals surface area contributed by atoms with Gasteiger partial charge in [0, 0.05) is 17.5 Å². The zero-order valence-corrected chi connectivity index (χ0v) is 18.2. The number of aliphatic imine (C=N–C) groups is 1. The van der Waals surface area contributed by atoms with E-state index in [4.69, 9.17) is 14.7 Å². The average molecular weight is 420 g/mol. The highest BCUT2D eigenvalue weighted by atomic mass is 16.5. The molecule has 3 aromatic carbocycles. The number of fused-ring (bicyclic) bond motifs is 2. The maximum absolute atomic E-state index is 6.07. The van der Waals surface area contributed by atoms with Crippen LogP contribution in [-0.4, -0.2) is 35.9 Å². The lowest BCUT2D eigenvalue weighted by molar-refractivity contribution is 0.269. The van der Waals surface area contributed by atoms with Gasteiger partial charge in [0.15, 0.2) is 5.75 Å². The molecule has 1 atom stereocenters. The van der Waals surface area contributed by atoms with E-state index < -0.39 is 0 Å². The molecule has 0 amide bonds. The van der Waals surface area contributed by atoms with E-state index in [-0.39, 0.29) is 5.54 Å². The number of ether oxygens (including phenoxy) is 1. The molecule has 0 aliphatic carbocycles. The van der Waals surface area contributed by atoms with Gasteiger partial charge in [0.1, 0.15) is 11.5 Å². The van der Waals surface area contributed by atoms with Crippen LogP contribution in [0.1, 0.15) is 24.0 Å². The third-order valence-corrected chi connectivity index (χ3v) is 6.87. The predicted molar refractivity (Wildman–Crippen MR) is 129 cm³/mol. The second kappa shape index (κ2) is 7.49. The number of pyridine rings is 1. The molecule has 1 fully saturated rings. The summed E-state index contributed by atoms with van der Waals surface area (Å²) in [4.78, 5) is 12.7. The van der Waals surface area contributed by atoms with Crippen molar-refractivity contribution in [3.05, 3.63) is 96.1 Å². The summed E-state index contributed by atoms with van der Waals surface area (Å²) in [5, 5.41) is 1.08. The molecule has 32 heavy (non-hydrogen) atoms. The standard InChI is InChI=1S/C28H25N3O/c1-32-26-24(22-15-8-9-16-23(22)30-25(26)20-11-4-2-5-12-20)27-29-19-28(17-10-18-31(27)28)21-13-6-3-7-14-21/h2-9,11-16H,10,17-19H2,1H3. The third kappa shape index (κ3) is 2.76. The Balaban J connectivity index is 1.59. The molecule has 0 radical (unpaired) electrons. The SMILES string of the molecule is COc1c(-c2ccccc2)nc2ccccc2c1C1=NCC2(c3ccccc3)CCCN12. The van der Waals surface area contributed by atoms with Gasteiger partial charge in [-0.05, 0) is 24.5 Å². The summed E-state index contributed by atoms with van der Waals surface area (Å²) in [5.74, 6) is 1.82. The molecule has 4 aromatic rings. The molecule has 2 aliphatic heterocycles. The van der Waals surface area contributed by atoms with Crippen molar-refractivity contribution in [3.8, 4) is 17.0 Å². The molecule has 158 valence electrons. The zero-order valence-electron chi connectivity index (χ0n) is 18.2. The van der Waals surface area contributed by atoms with Gasteiger partial charge in [-0.2, -0.15) is 0 Å².